The maximum absolute atomic E-state index is 3.38. The third kappa shape index (κ3) is 144. The second kappa shape index (κ2) is 103. The van der Waals surface area contributed by atoms with Gasteiger partial charge >= 0.3 is 0 Å². The van der Waals surface area contributed by atoms with Crippen molar-refractivity contribution >= 4 is 13.4 Å². The van der Waals surface area contributed by atoms with Crippen LogP contribution < -0.4 is 0 Å². The minimum Gasteiger partial charge on any atom is -0.278 e. The van der Waals surface area contributed by atoms with Gasteiger partial charge in [-0.25, -0.2) is 0 Å². The van der Waals surface area contributed by atoms with Gasteiger partial charge in [0.05, 0.1) is 0 Å². The van der Waals surface area contributed by atoms with Crippen molar-refractivity contribution in [2.45, 2.75) is 43.6 Å². The van der Waals surface area contributed by atoms with E-state index >= 15 is 0 Å². The molecule has 0 aromatic rings. The quantitative estimate of drug-likeness (QED) is 0.680. The molecule has 80 valence electrons. The van der Waals surface area contributed by atoms with E-state index in [1.54, 1.807) is 0 Å². The van der Waals surface area contributed by atoms with E-state index in [0.29, 0.717) is 6.67 Å². The van der Waals surface area contributed by atoms with Crippen LogP contribution in [-0.4, -0.2) is 20.1 Å². The summed E-state index contributed by atoms with van der Waals surface area (Å²) in [6.07, 6.45) is 0. The molecule has 0 rings (SSSR count). The van der Waals surface area contributed by atoms with Gasteiger partial charge in [-0.15, -0.1) is 0 Å². The molecule has 0 fully saturated rings. The summed E-state index contributed by atoms with van der Waals surface area (Å²) in [4.78, 5) is 6.75. The average molecular weight is 342 g/mol. The Morgan fingerprint density at radius 2 is 0.923 bits per heavy atom. The van der Waals surface area contributed by atoms with Crippen molar-refractivity contribution in [1.29, 1.82) is 0 Å². The molecular formula is C9H28N2Y2. The average Bonchev–Trinajstić information content (AvgIpc) is 1.75. The van der Waals surface area contributed by atoms with Crippen LogP contribution in [0.25, 0.3) is 0 Å². The Hall–Kier alpha value is 1.55. The predicted octanol–water partition coefficient (Wildman–Crippen LogP) is 3.91. The molecule has 0 saturated heterocycles. The van der Waals surface area contributed by atoms with E-state index in [1.807, 2.05) is 13.8 Å². The zero-order chi connectivity index (χ0) is 6.12. The number of hydrogen-bond donors (Lipinski definition) is 0. The van der Waals surface area contributed by atoms with Gasteiger partial charge in [-0.1, -0.05) is 43.6 Å². The Labute approximate surface area is 137 Å². The second-order valence-electron chi connectivity index (χ2n) is 0.589. The third-order valence-electron chi connectivity index (χ3n) is 0.200. The summed E-state index contributed by atoms with van der Waals surface area (Å²) in [5.41, 5.74) is 0. The van der Waals surface area contributed by atoms with Crippen LogP contribution >= 0.6 is 0 Å². The molecule has 0 aromatic carbocycles. The molecule has 0 unspecified atom stereocenters. The first-order chi connectivity index (χ1) is 3.41. The first kappa shape index (κ1) is 62.3. The minimum absolute atomic E-state index is 0. The summed E-state index contributed by atoms with van der Waals surface area (Å²) < 4.78 is 0. The summed E-state index contributed by atoms with van der Waals surface area (Å²) in [7, 11) is 0. The van der Waals surface area contributed by atoms with Crippen molar-refractivity contribution in [2.75, 3.05) is 6.67 Å². The Kier molecular flexibility index (Phi) is 494. The van der Waals surface area contributed by atoms with Gasteiger partial charge in [-0.3, -0.25) is 9.98 Å². The second-order valence-corrected chi connectivity index (χ2v) is 0.589. The van der Waals surface area contributed by atoms with Crippen molar-refractivity contribution in [3.05, 3.63) is 0 Å². The maximum Gasteiger partial charge on any atom is 0.127 e. The fourth-order valence-corrected chi connectivity index (χ4v) is 0.0707. The summed E-state index contributed by atoms with van der Waals surface area (Å²) >= 11 is 0. The molecule has 0 bridgehead atoms. The first-order valence-electron chi connectivity index (χ1n) is 2.26. The molecule has 0 aliphatic carbocycles. The molecule has 0 amide bonds. The summed E-state index contributed by atoms with van der Waals surface area (Å²) in [5.74, 6) is 0. The summed E-state index contributed by atoms with van der Waals surface area (Å²) in [6.45, 7) is 10.8. The van der Waals surface area contributed by atoms with Gasteiger partial charge in [0.25, 0.3) is 0 Å². The van der Waals surface area contributed by atoms with E-state index < -0.39 is 0 Å². The van der Waals surface area contributed by atoms with Crippen molar-refractivity contribution in [2.24, 2.45) is 9.98 Å². The Bertz CT molecular complexity index is 44.9. The van der Waals surface area contributed by atoms with Crippen LogP contribution in [0.1, 0.15) is 43.6 Å². The number of nitrogens with zero attached hydrogens (tertiary/aromatic N) is 2. The third-order valence-corrected chi connectivity index (χ3v) is 0.200. The minimum atomic E-state index is 0. The number of hydrogen-bond acceptors (Lipinski definition) is 2. The largest absolute Gasteiger partial charge is 0.278 e. The fourth-order valence-electron chi connectivity index (χ4n) is 0.0707. The standard InChI is InChI=1S/C3H6N2.C2H6.4CH4.2Y/c1-4-3-5-2;1-2;;;;;;/h1-3H2;1-2H3;4*1H4;;. The van der Waals surface area contributed by atoms with E-state index in [-0.39, 0.29) is 95.1 Å². The van der Waals surface area contributed by atoms with Crippen molar-refractivity contribution < 1.29 is 65.4 Å². The van der Waals surface area contributed by atoms with E-state index in [0.717, 1.165) is 0 Å². The van der Waals surface area contributed by atoms with E-state index in [1.165, 1.54) is 0 Å². The van der Waals surface area contributed by atoms with Gasteiger partial charge in [0.1, 0.15) is 6.67 Å². The van der Waals surface area contributed by atoms with Crippen molar-refractivity contribution in [3.8, 4) is 0 Å². The molecule has 0 N–H and O–H groups in total. The molecule has 0 heterocycles. The monoisotopic (exact) mass is 342 g/mol. The van der Waals surface area contributed by atoms with Crippen LogP contribution in [0.3, 0.4) is 0 Å². The zero-order valence-electron chi connectivity index (χ0n) is 6.17. The van der Waals surface area contributed by atoms with Crippen molar-refractivity contribution in [1.82, 2.24) is 0 Å². The molecule has 0 atom stereocenters. The van der Waals surface area contributed by atoms with Gasteiger partial charge in [0, 0.05) is 65.4 Å². The van der Waals surface area contributed by atoms with Crippen LogP contribution in [0, 0.1) is 0 Å². The predicted molar refractivity (Wildman–Crippen MR) is 62.2 cm³/mol. The van der Waals surface area contributed by atoms with E-state index in [2.05, 4.69) is 23.4 Å². The molecule has 0 saturated carbocycles. The van der Waals surface area contributed by atoms with Crippen LogP contribution in [0.15, 0.2) is 9.98 Å². The first-order valence-corrected chi connectivity index (χ1v) is 2.26. The molecule has 2 nitrogen and oxygen atoms in total. The van der Waals surface area contributed by atoms with E-state index in [4.69, 9.17) is 0 Å². The number of aliphatic imine (C=N–C) groups is 2. The van der Waals surface area contributed by atoms with Crippen LogP contribution in [0.4, 0.5) is 0 Å². The SMILES string of the molecule is C.C.C.C.C=NCN=C.CC.[Y].[Y]. The van der Waals surface area contributed by atoms with Gasteiger partial charge < -0.3 is 0 Å². The molecule has 0 aromatic heterocycles. The topological polar surface area (TPSA) is 24.7 Å². The van der Waals surface area contributed by atoms with Gasteiger partial charge in [0.2, 0.25) is 0 Å². The van der Waals surface area contributed by atoms with Crippen LogP contribution in [-0.2, 0) is 65.4 Å². The Balaban J connectivity index is -0.00000000492. The molecule has 0 aliphatic rings. The summed E-state index contributed by atoms with van der Waals surface area (Å²) in [6, 6.07) is 0. The molecule has 13 heavy (non-hydrogen) atoms. The normalized spacial score (nSPS) is 2.92. The number of rotatable bonds is 2. The fraction of sp³-hybridized carbons (Fsp3) is 0.778. The zero-order valence-corrected chi connectivity index (χ0v) is 11.8. The smallest absolute Gasteiger partial charge is 0.127 e. The van der Waals surface area contributed by atoms with E-state index in [9.17, 15) is 0 Å². The van der Waals surface area contributed by atoms with Gasteiger partial charge in [-0.05, 0) is 13.4 Å². The summed E-state index contributed by atoms with van der Waals surface area (Å²) in [5, 5.41) is 0. The van der Waals surface area contributed by atoms with Crippen LogP contribution in [0.5, 0.6) is 0 Å². The van der Waals surface area contributed by atoms with Crippen LogP contribution in [0.2, 0.25) is 0 Å². The molecule has 0 aliphatic heterocycles. The van der Waals surface area contributed by atoms with Gasteiger partial charge in [-0.2, -0.15) is 0 Å². The molecule has 4 heteroatoms. The Morgan fingerprint density at radius 1 is 0.769 bits per heavy atom. The molecule has 0 spiro atoms. The molecular weight excluding hydrogens is 314 g/mol. The Morgan fingerprint density at radius 3 is 0.923 bits per heavy atom. The van der Waals surface area contributed by atoms with Crippen molar-refractivity contribution in [3.63, 3.8) is 0 Å². The van der Waals surface area contributed by atoms with Gasteiger partial charge in [0.15, 0.2) is 0 Å². The molecule has 2 radical (unpaired) electrons. The maximum atomic E-state index is 3.38.